The molecule has 1 saturated heterocycles. The van der Waals surface area contributed by atoms with E-state index in [0.717, 1.165) is 23.9 Å². The maximum absolute atomic E-state index is 3.80. The molecular weight excluding hydrogens is 220 g/mol. The maximum atomic E-state index is 3.80. The molecule has 0 aromatic rings. The fraction of sp³-hybridized carbons (Fsp3) is 1.00. The molecule has 0 aromatic heterocycles. The molecule has 1 aliphatic carbocycles. The third-order valence-electron chi connectivity index (χ3n) is 5.38. The van der Waals surface area contributed by atoms with E-state index < -0.39 is 0 Å². The Balaban J connectivity index is 2.05. The lowest BCUT2D eigenvalue weighted by atomic mass is 9.91. The smallest absolute Gasteiger partial charge is 0.0247 e. The van der Waals surface area contributed by atoms with Crippen LogP contribution >= 0.6 is 0 Å². The first kappa shape index (κ1) is 14.3. The summed E-state index contributed by atoms with van der Waals surface area (Å²) < 4.78 is 0. The Bertz CT molecular complexity index is 285. The molecule has 1 N–H and O–H groups in total. The van der Waals surface area contributed by atoms with Gasteiger partial charge in [0.05, 0.1) is 0 Å². The molecule has 0 radical (unpaired) electrons. The molecule has 1 saturated carbocycles. The molecule has 2 nitrogen and oxygen atoms in total. The van der Waals surface area contributed by atoms with Gasteiger partial charge in [-0.2, -0.15) is 0 Å². The summed E-state index contributed by atoms with van der Waals surface area (Å²) in [4.78, 5) is 2.83. The summed E-state index contributed by atoms with van der Waals surface area (Å²) >= 11 is 0. The molecule has 4 atom stereocenters. The van der Waals surface area contributed by atoms with Gasteiger partial charge in [-0.25, -0.2) is 0 Å². The predicted octanol–water partition coefficient (Wildman–Crippen LogP) is 3.13. The summed E-state index contributed by atoms with van der Waals surface area (Å²) in [7, 11) is 0. The number of hydrogen-bond donors (Lipinski definition) is 1. The lowest BCUT2D eigenvalue weighted by molar-refractivity contribution is 0.0645. The zero-order chi connectivity index (χ0) is 13.5. The van der Waals surface area contributed by atoms with Crippen LogP contribution in [0, 0.1) is 17.3 Å². The molecule has 1 aliphatic heterocycles. The van der Waals surface area contributed by atoms with Gasteiger partial charge in [0, 0.05) is 31.2 Å². The third kappa shape index (κ3) is 2.75. The molecule has 0 aromatic carbocycles. The van der Waals surface area contributed by atoms with E-state index in [0.29, 0.717) is 11.5 Å². The van der Waals surface area contributed by atoms with E-state index in [4.69, 9.17) is 0 Å². The Morgan fingerprint density at radius 1 is 1.28 bits per heavy atom. The van der Waals surface area contributed by atoms with Gasteiger partial charge in [-0.15, -0.1) is 0 Å². The molecule has 2 rings (SSSR count). The number of nitrogens with zero attached hydrogens (tertiary/aromatic N) is 1. The van der Waals surface area contributed by atoms with Crippen molar-refractivity contribution in [2.75, 3.05) is 13.1 Å². The second-order valence-corrected chi connectivity index (χ2v) is 7.62. The van der Waals surface area contributed by atoms with Crippen molar-refractivity contribution in [3.8, 4) is 0 Å². The highest BCUT2D eigenvalue weighted by Crippen LogP contribution is 2.50. The minimum absolute atomic E-state index is 0.560. The van der Waals surface area contributed by atoms with Crippen LogP contribution in [0.4, 0.5) is 0 Å². The van der Waals surface area contributed by atoms with Gasteiger partial charge in [0.1, 0.15) is 0 Å². The highest BCUT2D eigenvalue weighted by Gasteiger charge is 2.52. The van der Waals surface area contributed by atoms with Gasteiger partial charge in [0.2, 0.25) is 0 Å². The average molecular weight is 252 g/mol. The van der Waals surface area contributed by atoms with Gasteiger partial charge in [-0.05, 0) is 23.7 Å². The van der Waals surface area contributed by atoms with Gasteiger partial charge in [-0.3, -0.25) is 4.90 Å². The van der Waals surface area contributed by atoms with Crippen LogP contribution in [0.25, 0.3) is 0 Å². The number of nitrogens with one attached hydrogen (secondary N) is 1. The molecule has 4 unspecified atom stereocenters. The molecular formula is C16H32N2. The zero-order valence-corrected chi connectivity index (χ0v) is 13.2. The fourth-order valence-corrected chi connectivity index (χ4v) is 3.46. The van der Waals surface area contributed by atoms with Crippen molar-refractivity contribution >= 4 is 0 Å². The van der Waals surface area contributed by atoms with Crippen LogP contribution in [0.1, 0.15) is 54.4 Å². The summed E-state index contributed by atoms with van der Waals surface area (Å²) in [5, 5.41) is 3.80. The maximum Gasteiger partial charge on any atom is 0.0247 e. The first-order chi connectivity index (χ1) is 8.36. The van der Waals surface area contributed by atoms with E-state index in [9.17, 15) is 0 Å². The van der Waals surface area contributed by atoms with Gasteiger partial charge in [0.15, 0.2) is 0 Å². The van der Waals surface area contributed by atoms with Crippen LogP contribution in [-0.4, -0.2) is 36.1 Å². The van der Waals surface area contributed by atoms with Crippen LogP contribution < -0.4 is 5.32 Å². The van der Waals surface area contributed by atoms with E-state index in [1.54, 1.807) is 0 Å². The molecule has 18 heavy (non-hydrogen) atoms. The number of hydrogen-bond acceptors (Lipinski definition) is 2. The lowest BCUT2D eigenvalue weighted by Gasteiger charge is -2.45. The number of piperazine rings is 1. The summed E-state index contributed by atoms with van der Waals surface area (Å²) in [6, 6.07) is 2.26. The Hall–Kier alpha value is -0.0800. The average Bonchev–Trinajstić information content (AvgIpc) is 2.96. The summed E-state index contributed by atoms with van der Waals surface area (Å²) in [5.41, 5.74) is 0.560. The summed E-state index contributed by atoms with van der Waals surface area (Å²) in [6.45, 7) is 16.7. The molecule has 1 heterocycles. The molecule has 0 amide bonds. The number of rotatable bonds is 4. The summed E-state index contributed by atoms with van der Waals surface area (Å²) in [6.07, 6.45) is 2.68. The van der Waals surface area contributed by atoms with Gasteiger partial charge in [-0.1, -0.05) is 48.0 Å². The Kier molecular flexibility index (Phi) is 4.08. The van der Waals surface area contributed by atoms with Crippen molar-refractivity contribution in [1.29, 1.82) is 0 Å². The van der Waals surface area contributed by atoms with Gasteiger partial charge in [0.25, 0.3) is 0 Å². The first-order valence-corrected chi connectivity index (χ1v) is 7.86. The molecule has 2 heteroatoms. The highest BCUT2D eigenvalue weighted by atomic mass is 15.3. The second-order valence-electron chi connectivity index (χ2n) is 7.62. The normalized spacial score (nSPS) is 37.8. The van der Waals surface area contributed by atoms with E-state index in [-0.39, 0.29) is 0 Å². The topological polar surface area (TPSA) is 15.3 Å². The molecule has 0 spiro atoms. The van der Waals surface area contributed by atoms with E-state index in [1.165, 1.54) is 25.9 Å². The fourth-order valence-electron chi connectivity index (χ4n) is 3.46. The molecule has 0 bridgehead atoms. The zero-order valence-electron chi connectivity index (χ0n) is 13.2. The van der Waals surface area contributed by atoms with Gasteiger partial charge < -0.3 is 5.32 Å². The SMILES string of the molecule is CCC(C)C1CN(C2CC2(C)C)C(C(C)C)CN1. The van der Waals surface area contributed by atoms with Gasteiger partial charge >= 0.3 is 0 Å². The minimum Gasteiger partial charge on any atom is -0.311 e. The lowest BCUT2D eigenvalue weighted by Crippen LogP contribution is -2.61. The van der Waals surface area contributed by atoms with E-state index >= 15 is 0 Å². The second kappa shape index (κ2) is 5.13. The third-order valence-corrected chi connectivity index (χ3v) is 5.38. The largest absolute Gasteiger partial charge is 0.311 e. The van der Waals surface area contributed by atoms with Crippen LogP contribution in [0.15, 0.2) is 0 Å². The molecule has 2 fully saturated rings. The van der Waals surface area contributed by atoms with Crippen molar-refractivity contribution in [1.82, 2.24) is 10.2 Å². The Labute approximate surface area is 114 Å². The Morgan fingerprint density at radius 3 is 2.33 bits per heavy atom. The first-order valence-electron chi connectivity index (χ1n) is 7.86. The predicted molar refractivity (Wildman–Crippen MR) is 78.8 cm³/mol. The van der Waals surface area contributed by atoms with E-state index in [2.05, 4.69) is 51.8 Å². The van der Waals surface area contributed by atoms with Crippen molar-refractivity contribution in [2.24, 2.45) is 17.3 Å². The van der Waals surface area contributed by atoms with Crippen molar-refractivity contribution < 1.29 is 0 Å². The molecule has 106 valence electrons. The van der Waals surface area contributed by atoms with Crippen LogP contribution in [0.2, 0.25) is 0 Å². The summed E-state index contributed by atoms with van der Waals surface area (Å²) in [5.74, 6) is 1.55. The van der Waals surface area contributed by atoms with Crippen molar-refractivity contribution in [3.63, 3.8) is 0 Å². The minimum atomic E-state index is 0.560. The van der Waals surface area contributed by atoms with Crippen LogP contribution in [0.5, 0.6) is 0 Å². The van der Waals surface area contributed by atoms with Crippen molar-refractivity contribution in [3.05, 3.63) is 0 Å². The Morgan fingerprint density at radius 2 is 1.89 bits per heavy atom. The van der Waals surface area contributed by atoms with Crippen LogP contribution in [0.3, 0.4) is 0 Å². The monoisotopic (exact) mass is 252 g/mol. The quantitative estimate of drug-likeness (QED) is 0.827. The van der Waals surface area contributed by atoms with Crippen LogP contribution in [-0.2, 0) is 0 Å². The highest BCUT2D eigenvalue weighted by molar-refractivity contribution is 5.07. The van der Waals surface area contributed by atoms with Crippen molar-refractivity contribution in [2.45, 2.75) is 72.5 Å². The molecule has 2 aliphatic rings. The van der Waals surface area contributed by atoms with E-state index in [1.807, 2.05) is 0 Å². The standard InChI is InChI=1S/C16H32N2/c1-7-12(4)13-10-18(15-8-16(15,5)6)14(9-17-13)11(2)3/h11-15,17H,7-10H2,1-6H3.